The van der Waals surface area contributed by atoms with Crippen LogP contribution in [0.25, 0.3) is 0 Å². The maximum absolute atomic E-state index is 12.9. The van der Waals surface area contributed by atoms with Crippen LogP contribution >= 0.6 is 11.6 Å². The van der Waals surface area contributed by atoms with E-state index in [0.29, 0.717) is 22.9 Å². The molecule has 4 rings (SSSR count). The Kier molecular flexibility index (Phi) is 6.33. The minimum absolute atomic E-state index is 0.00881. The Morgan fingerprint density at radius 2 is 1.62 bits per heavy atom. The molecule has 166 valence electrons. The van der Waals surface area contributed by atoms with Crippen molar-refractivity contribution in [2.24, 2.45) is 5.92 Å². The van der Waals surface area contributed by atoms with Gasteiger partial charge in [-0.1, -0.05) is 37.6 Å². The maximum Gasteiger partial charge on any atom is 0.283 e. The van der Waals surface area contributed by atoms with E-state index >= 15 is 0 Å². The summed E-state index contributed by atoms with van der Waals surface area (Å²) in [5.41, 5.74) is 2.78. The average molecular weight is 452 g/mol. The van der Waals surface area contributed by atoms with Crippen molar-refractivity contribution in [1.82, 2.24) is 4.90 Å². The first-order valence-corrected chi connectivity index (χ1v) is 11.3. The van der Waals surface area contributed by atoms with E-state index in [2.05, 4.69) is 12.2 Å². The average Bonchev–Trinajstić information content (AvgIpc) is 3.03. The molecule has 0 radical (unpaired) electrons. The Balaban J connectivity index is 1.46. The number of hydrogen-bond donors (Lipinski definition) is 1. The second kappa shape index (κ2) is 9.17. The molecule has 2 aromatic carbocycles. The smallest absolute Gasteiger partial charge is 0.283 e. The molecule has 3 amide bonds. The molecule has 6 nitrogen and oxygen atoms in total. The van der Waals surface area contributed by atoms with E-state index in [1.165, 1.54) is 0 Å². The van der Waals surface area contributed by atoms with Gasteiger partial charge in [-0.05, 0) is 67.1 Å². The fourth-order valence-corrected chi connectivity index (χ4v) is 4.17. The molecule has 1 fully saturated rings. The number of hydrogen-bond acceptors (Lipinski definition) is 4. The lowest BCUT2D eigenvalue weighted by molar-refractivity contribution is -0.120. The monoisotopic (exact) mass is 451 g/mol. The molecule has 1 N–H and O–H groups in total. The third-order valence-corrected chi connectivity index (χ3v) is 6.45. The molecule has 2 aromatic rings. The van der Waals surface area contributed by atoms with Crippen molar-refractivity contribution in [2.45, 2.75) is 33.1 Å². The van der Waals surface area contributed by atoms with Crippen LogP contribution in [0.5, 0.6) is 0 Å². The van der Waals surface area contributed by atoms with Gasteiger partial charge in [0.05, 0.1) is 5.69 Å². The first kappa shape index (κ1) is 22.1. The van der Waals surface area contributed by atoms with E-state index < -0.39 is 11.8 Å². The molecule has 0 unspecified atom stereocenters. The standard InChI is InChI=1S/C25H26ClN3O3/c1-3-17-4-10-20(11-5-17)29-24(31)21(26)22(25(29)32)27-19-8-6-18(7-9-19)23(30)28-14-12-16(2)13-15-28/h4-11,16,27H,3,12-15H2,1-2H3. The molecule has 2 aliphatic heterocycles. The van der Waals surface area contributed by atoms with Gasteiger partial charge < -0.3 is 10.2 Å². The van der Waals surface area contributed by atoms with E-state index in [1.807, 2.05) is 24.0 Å². The van der Waals surface area contributed by atoms with Crippen molar-refractivity contribution < 1.29 is 14.4 Å². The Morgan fingerprint density at radius 3 is 2.22 bits per heavy atom. The molecule has 32 heavy (non-hydrogen) atoms. The van der Waals surface area contributed by atoms with Gasteiger partial charge in [-0.2, -0.15) is 0 Å². The number of nitrogens with zero attached hydrogens (tertiary/aromatic N) is 2. The molecule has 0 saturated carbocycles. The van der Waals surface area contributed by atoms with Crippen LogP contribution in [-0.4, -0.2) is 35.7 Å². The summed E-state index contributed by atoms with van der Waals surface area (Å²) >= 11 is 6.22. The van der Waals surface area contributed by atoms with Gasteiger partial charge in [0, 0.05) is 24.3 Å². The Labute approximate surface area is 192 Å². The molecule has 0 atom stereocenters. The van der Waals surface area contributed by atoms with Crippen molar-refractivity contribution >= 4 is 40.7 Å². The van der Waals surface area contributed by atoms with Crippen molar-refractivity contribution in [3.63, 3.8) is 0 Å². The summed E-state index contributed by atoms with van der Waals surface area (Å²) in [6.07, 6.45) is 2.90. The van der Waals surface area contributed by atoms with Crippen molar-refractivity contribution in [3.05, 3.63) is 70.4 Å². The number of carbonyl (C=O) groups is 3. The zero-order valence-electron chi connectivity index (χ0n) is 18.2. The van der Waals surface area contributed by atoms with Crippen molar-refractivity contribution in [2.75, 3.05) is 23.3 Å². The van der Waals surface area contributed by atoms with Crippen LogP contribution in [0.15, 0.2) is 59.3 Å². The second-order valence-corrected chi connectivity index (χ2v) is 8.71. The number of halogens is 1. The van der Waals surface area contributed by atoms with E-state index in [0.717, 1.165) is 42.8 Å². The van der Waals surface area contributed by atoms with Crippen LogP contribution < -0.4 is 10.2 Å². The summed E-state index contributed by atoms with van der Waals surface area (Å²) in [5, 5.41) is 2.80. The third-order valence-electron chi connectivity index (χ3n) is 6.10. The van der Waals surface area contributed by atoms with E-state index in [-0.39, 0.29) is 16.6 Å². The number of likely N-dealkylation sites (tertiary alicyclic amines) is 1. The van der Waals surface area contributed by atoms with Crippen molar-refractivity contribution in [3.8, 4) is 0 Å². The SMILES string of the molecule is CCc1ccc(N2C(=O)C(Cl)=C(Nc3ccc(C(=O)N4CCC(C)CC4)cc3)C2=O)cc1. The van der Waals surface area contributed by atoms with E-state index in [4.69, 9.17) is 11.6 Å². The lowest BCUT2D eigenvalue weighted by Crippen LogP contribution is -2.37. The third kappa shape index (κ3) is 4.28. The lowest BCUT2D eigenvalue weighted by Gasteiger charge is -2.30. The predicted molar refractivity (Wildman–Crippen MR) is 126 cm³/mol. The van der Waals surface area contributed by atoms with Crippen LogP contribution in [0, 0.1) is 5.92 Å². The summed E-state index contributed by atoms with van der Waals surface area (Å²) in [6.45, 7) is 5.79. The highest BCUT2D eigenvalue weighted by molar-refractivity contribution is 6.53. The van der Waals surface area contributed by atoms with Crippen LogP contribution in [0.4, 0.5) is 11.4 Å². The van der Waals surface area contributed by atoms with Gasteiger partial charge in [-0.15, -0.1) is 0 Å². The molecular weight excluding hydrogens is 426 g/mol. The highest BCUT2D eigenvalue weighted by Crippen LogP contribution is 2.30. The second-order valence-electron chi connectivity index (χ2n) is 8.33. The van der Waals surface area contributed by atoms with Gasteiger partial charge in [0.15, 0.2) is 0 Å². The zero-order chi connectivity index (χ0) is 22.8. The molecule has 0 spiro atoms. The van der Waals surface area contributed by atoms with Gasteiger partial charge in [-0.3, -0.25) is 14.4 Å². The highest BCUT2D eigenvalue weighted by Gasteiger charge is 2.39. The van der Waals surface area contributed by atoms with Gasteiger partial charge in [0.1, 0.15) is 10.7 Å². The minimum atomic E-state index is -0.561. The summed E-state index contributed by atoms with van der Waals surface area (Å²) in [5.74, 6) is -0.407. The van der Waals surface area contributed by atoms with Crippen molar-refractivity contribution in [1.29, 1.82) is 0 Å². The van der Waals surface area contributed by atoms with Gasteiger partial charge in [0.2, 0.25) is 0 Å². The Morgan fingerprint density at radius 1 is 1.00 bits per heavy atom. The van der Waals surface area contributed by atoms with Crippen LogP contribution in [0.1, 0.15) is 42.6 Å². The van der Waals surface area contributed by atoms with Gasteiger partial charge >= 0.3 is 0 Å². The van der Waals surface area contributed by atoms with Crippen LogP contribution in [0.3, 0.4) is 0 Å². The molecule has 0 aliphatic carbocycles. The van der Waals surface area contributed by atoms with E-state index in [9.17, 15) is 14.4 Å². The molecule has 1 saturated heterocycles. The number of piperidine rings is 1. The number of anilines is 2. The van der Waals surface area contributed by atoms with Crippen LogP contribution in [-0.2, 0) is 16.0 Å². The number of benzene rings is 2. The molecule has 2 aliphatic rings. The maximum atomic E-state index is 12.9. The Hall–Kier alpha value is -3.12. The number of imide groups is 1. The normalized spacial score (nSPS) is 17.3. The summed E-state index contributed by atoms with van der Waals surface area (Å²) < 4.78 is 0. The van der Waals surface area contributed by atoms with Crippen LogP contribution in [0.2, 0.25) is 0 Å². The molecule has 2 heterocycles. The van der Waals surface area contributed by atoms with E-state index in [1.54, 1.807) is 36.4 Å². The minimum Gasteiger partial charge on any atom is -0.350 e. The number of aryl methyl sites for hydroxylation is 1. The summed E-state index contributed by atoms with van der Waals surface area (Å²) in [4.78, 5) is 41.2. The quantitative estimate of drug-likeness (QED) is 0.677. The first-order valence-electron chi connectivity index (χ1n) is 10.9. The first-order chi connectivity index (χ1) is 15.4. The summed E-state index contributed by atoms with van der Waals surface area (Å²) in [7, 11) is 0. The lowest BCUT2D eigenvalue weighted by atomic mass is 9.98. The number of amides is 3. The number of nitrogens with one attached hydrogen (secondary N) is 1. The highest BCUT2D eigenvalue weighted by atomic mass is 35.5. The zero-order valence-corrected chi connectivity index (χ0v) is 19.0. The summed E-state index contributed by atoms with van der Waals surface area (Å²) in [6, 6.07) is 14.1. The molecular formula is C25H26ClN3O3. The van der Waals surface area contributed by atoms with Gasteiger partial charge in [0.25, 0.3) is 17.7 Å². The predicted octanol–water partition coefficient (Wildman–Crippen LogP) is 4.56. The molecule has 7 heteroatoms. The largest absolute Gasteiger partial charge is 0.350 e. The fourth-order valence-electron chi connectivity index (χ4n) is 3.96. The fraction of sp³-hybridized carbons (Fsp3) is 0.320. The van der Waals surface area contributed by atoms with Gasteiger partial charge in [-0.25, -0.2) is 4.90 Å². The molecule has 0 bridgehead atoms. The molecule has 0 aromatic heterocycles. The Bertz CT molecular complexity index is 1070. The topological polar surface area (TPSA) is 69.7 Å². The number of carbonyl (C=O) groups excluding carboxylic acids is 3. The number of rotatable bonds is 5.